The fourth-order valence-electron chi connectivity index (χ4n) is 2.42. The third-order valence-corrected chi connectivity index (χ3v) is 3.80. The van der Waals surface area contributed by atoms with Crippen LogP contribution in [0.3, 0.4) is 0 Å². The van der Waals surface area contributed by atoms with Crippen LogP contribution in [0.1, 0.15) is 18.1 Å². The first-order valence-electron chi connectivity index (χ1n) is 6.83. The standard InChI is InChI=1S/C18H17NO2/c1-18(20,14-7-9-16(21-2)10-8-14)15-11-13-5-3-4-6-17(13)19-12-15/h3-12,20H,1-2H3. The molecule has 0 aliphatic rings. The van der Waals surface area contributed by atoms with E-state index in [-0.39, 0.29) is 0 Å². The Labute approximate surface area is 123 Å². The summed E-state index contributed by atoms with van der Waals surface area (Å²) in [5, 5.41) is 11.9. The molecule has 0 radical (unpaired) electrons. The van der Waals surface area contributed by atoms with Crippen LogP contribution in [0.25, 0.3) is 10.9 Å². The lowest BCUT2D eigenvalue weighted by molar-refractivity contribution is 0.102. The van der Waals surface area contributed by atoms with Gasteiger partial charge < -0.3 is 9.84 Å². The van der Waals surface area contributed by atoms with Crippen molar-refractivity contribution in [1.82, 2.24) is 4.98 Å². The summed E-state index contributed by atoms with van der Waals surface area (Å²) in [6.45, 7) is 1.78. The van der Waals surface area contributed by atoms with E-state index in [1.807, 2.05) is 54.6 Å². The zero-order valence-corrected chi connectivity index (χ0v) is 12.1. The first kappa shape index (κ1) is 13.6. The van der Waals surface area contributed by atoms with Gasteiger partial charge in [-0.05, 0) is 36.8 Å². The molecule has 0 bridgehead atoms. The molecular formula is C18H17NO2. The van der Waals surface area contributed by atoms with E-state index in [0.29, 0.717) is 0 Å². The molecule has 0 fully saturated rings. The predicted octanol–water partition coefficient (Wildman–Crippen LogP) is 3.50. The maximum absolute atomic E-state index is 10.9. The van der Waals surface area contributed by atoms with Crippen LogP contribution < -0.4 is 4.74 Å². The summed E-state index contributed by atoms with van der Waals surface area (Å²) in [4.78, 5) is 4.42. The van der Waals surface area contributed by atoms with Crippen molar-refractivity contribution in [3.8, 4) is 5.75 Å². The second-order valence-electron chi connectivity index (χ2n) is 5.22. The van der Waals surface area contributed by atoms with Crippen molar-refractivity contribution in [2.24, 2.45) is 0 Å². The number of aliphatic hydroxyl groups is 1. The topological polar surface area (TPSA) is 42.4 Å². The Hall–Kier alpha value is -2.39. The number of fused-ring (bicyclic) bond motifs is 1. The number of benzene rings is 2. The molecule has 1 N–H and O–H groups in total. The van der Waals surface area contributed by atoms with Crippen LogP contribution in [-0.4, -0.2) is 17.2 Å². The van der Waals surface area contributed by atoms with Gasteiger partial charge >= 0.3 is 0 Å². The average Bonchev–Trinajstić information content (AvgIpc) is 2.54. The fourth-order valence-corrected chi connectivity index (χ4v) is 2.42. The van der Waals surface area contributed by atoms with Crippen LogP contribution in [-0.2, 0) is 5.60 Å². The van der Waals surface area contributed by atoms with Crippen LogP contribution in [0.5, 0.6) is 5.75 Å². The van der Waals surface area contributed by atoms with Crippen LogP contribution in [0, 0.1) is 0 Å². The zero-order valence-electron chi connectivity index (χ0n) is 12.1. The SMILES string of the molecule is COc1ccc(C(C)(O)c2cnc3ccccc3c2)cc1. The first-order chi connectivity index (χ1) is 10.1. The highest BCUT2D eigenvalue weighted by Crippen LogP contribution is 2.31. The monoisotopic (exact) mass is 279 g/mol. The van der Waals surface area contributed by atoms with Gasteiger partial charge in [-0.25, -0.2) is 0 Å². The summed E-state index contributed by atoms with van der Waals surface area (Å²) in [6, 6.07) is 17.3. The third-order valence-electron chi connectivity index (χ3n) is 3.80. The summed E-state index contributed by atoms with van der Waals surface area (Å²) in [6.07, 6.45) is 1.73. The Balaban J connectivity index is 2.05. The van der Waals surface area contributed by atoms with Crippen LogP contribution in [0.4, 0.5) is 0 Å². The van der Waals surface area contributed by atoms with Crippen molar-refractivity contribution in [1.29, 1.82) is 0 Å². The normalized spacial score (nSPS) is 13.9. The molecule has 21 heavy (non-hydrogen) atoms. The van der Waals surface area contributed by atoms with Gasteiger partial charge in [0.15, 0.2) is 0 Å². The minimum atomic E-state index is -1.09. The number of methoxy groups -OCH3 is 1. The second-order valence-corrected chi connectivity index (χ2v) is 5.22. The molecule has 3 aromatic rings. The van der Waals surface area contributed by atoms with Gasteiger partial charge in [0.1, 0.15) is 11.4 Å². The molecule has 3 rings (SSSR count). The van der Waals surface area contributed by atoms with Crippen molar-refractivity contribution in [3.63, 3.8) is 0 Å². The fraction of sp³-hybridized carbons (Fsp3) is 0.167. The molecule has 3 heteroatoms. The van der Waals surface area contributed by atoms with Gasteiger partial charge in [-0.2, -0.15) is 0 Å². The van der Waals surface area contributed by atoms with Crippen molar-refractivity contribution in [3.05, 3.63) is 71.9 Å². The van der Waals surface area contributed by atoms with E-state index in [9.17, 15) is 5.11 Å². The van der Waals surface area contributed by atoms with E-state index < -0.39 is 5.60 Å². The van der Waals surface area contributed by atoms with Crippen molar-refractivity contribution in [2.45, 2.75) is 12.5 Å². The maximum atomic E-state index is 10.9. The van der Waals surface area contributed by atoms with Crippen molar-refractivity contribution < 1.29 is 9.84 Å². The third kappa shape index (κ3) is 2.48. The predicted molar refractivity (Wildman–Crippen MR) is 83.4 cm³/mol. The Morgan fingerprint density at radius 1 is 1.00 bits per heavy atom. The van der Waals surface area contributed by atoms with Gasteiger partial charge in [0.25, 0.3) is 0 Å². The van der Waals surface area contributed by atoms with E-state index in [1.54, 1.807) is 20.2 Å². The molecule has 1 aromatic heterocycles. The average molecular weight is 279 g/mol. The van der Waals surface area contributed by atoms with E-state index >= 15 is 0 Å². The lowest BCUT2D eigenvalue weighted by Crippen LogP contribution is -2.22. The van der Waals surface area contributed by atoms with Crippen LogP contribution in [0.2, 0.25) is 0 Å². The molecule has 0 aliphatic carbocycles. The summed E-state index contributed by atoms with van der Waals surface area (Å²) < 4.78 is 5.15. The number of ether oxygens (including phenoxy) is 1. The smallest absolute Gasteiger partial charge is 0.118 e. The van der Waals surface area contributed by atoms with E-state index in [2.05, 4.69) is 4.98 Å². The number of para-hydroxylation sites is 1. The second kappa shape index (κ2) is 5.19. The summed E-state index contributed by atoms with van der Waals surface area (Å²) in [5.74, 6) is 0.770. The highest BCUT2D eigenvalue weighted by Gasteiger charge is 2.26. The number of nitrogens with zero attached hydrogens (tertiary/aromatic N) is 1. The molecular weight excluding hydrogens is 262 g/mol. The van der Waals surface area contributed by atoms with E-state index in [1.165, 1.54) is 0 Å². The van der Waals surface area contributed by atoms with Gasteiger partial charge in [0.2, 0.25) is 0 Å². The largest absolute Gasteiger partial charge is 0.497 e. The van der Waals surface area contributed by atoms with Gasteiger partial charge in [-0.15, -0.1) is 0 Å². The highest BCUT2D eigenvalue weighted by atomic mass is 16.5. The van der Waals surface area contributed by atoms with Crippen molar-refractivity contribution >= 4 is 10.9 Å². The number of pyridine rings is 1. The zero-order chi connectivity index (χ0) is 14.9. The van der Waals surface area contributed by atoms with Crippen LogP contribution in [0.15, 0.2) is 60.8 Å². The van der Waals surface area contributed by atoms with Crippen LogP contribution >= 0.6 is 0 Å². The van der Waals surface area contributed by atoms with Gasteiger partial charge in [-0.1, -0.05) is 30.3 Å². The number of hydrogen-bond acceptors (Lipinski definition) is 3. The molecule has 0 aliphatic heterocycles. The van der Waals surface area contributed by atoms with Crippen molar-refractivity contribution in [2.75, 3.05) is 7.11 Å². The van der Waals surface area contributed by atoms with Gasteiger partial charge in [-0.3, -0.25) is 4.98 Å². The number of hydrogen-bond donors (Lipinski definition) is 1. The molecule has 0 saturated carbocycles. The Bertz CT molecular complexity index is 764. The lowest BCUT2D eigenvalue weighted by atomic mass is 9.88. The Morgan fingerprint density at radius 2 is 1.71 bits per heavy atom. The molecule has 3 nitrogen and oxygen atoms in total. The molecule has 1 heterocycles. The number of aromatic nitrogens is 1. The highest BCUT2D eigenvalue weighted by molar-refractivity contribution is 5.79. The molecule has 1 unspecified atom stereocenters. The summed E-state index contributed by atoms with van der Waals surface area (Å²) in [5.41, 5.74) is 1.40. The van der Waals surface area contributed by atoms with E-state index in [0.717, 1.165) is 27.8 Å². The Morgan fingerprint density at radius 3 is 2.43 bits per heavy atom. The summed E-state index contributed by atoms with van der Waals surface area (Å²) >= 11 is 0. The quantitative estimate of drug-likeness (QED) is 0.798. The lowest BCUT2D eigenvalue weighted by Gasteiger charge is -2.24. The molecule has 0 spiro atoms. The minimum absolute atomic E-state index is 0.770. The maximum Gasteiger partial charge on any atom is 0.118 e. The summed E-state index contributed by atoms with van der Waals surface area (Å²) in [7, 11) is 1.63. The van der Waals surface area contributed by atoms with Gasteiger partial charge in [0, 0.05) is 17.1 Å². The number of rotatable bonds is 3. The molecule has 0 saturated heterocycles. The molecule has 2 aromatic carbocycles. The minimum Gasteiger partial charge on any atom is -0.497 e. The first-order valence-corrected chi connectivity index (χ1v) is 6.83. The molecule has 0 amide bonds. The molecule has 106 valence electrons. The van der Waals surface area contributed by atoms with E-state index in [4.69, 9.17) is 4.74 Å². The Kier molecular flexibility index (Phi) is 3.35. The van der Waals surface area contributed by atoms with Gasteiger partial charge in [0.05, 0.1) is 12.6 Å². The molecule has 1 atom stereocenters.